The highest BCUT2D eigenvalue weighted by Crippen LogP contribution is 2.31. The van der Waals surface area contributed by atoms with Crippen molar-refractivity contribution in [2.24, 2.45) is 0 Å². The molecule has 7 nitrogen and oxygen atoms in total. The van der Waals surface area contributed by atoms with E-state index in [2.05, 4.69) is 10.0 Å². The fourth-order valence-electron chi connectivity index (χ4n) is 2.43. The van der Waals surface area contributed by atoms with Crippen molar-refractivity contribution in [3.63, 3.8) is 0 Å². The van der Waals surface area contributed by atoms with Crippen LogP contribution in [0, 0.1) is 0 Å². The molecule has 0 heterocycles. The molecule has 0 unspecified atom stereocenters. The van der Waals surface area contributed by atoms with Crippen LogP contribution in [0.25, 0.3) is 0 Å². The molecule has 0 aromatic heterocycles. The van der Waals surface area contributed by atoms with Crippen LogP contribution < -0.4 is 19.5 Å². The molecule has 0 radical (unpaired) electrons. The smallest absolute Gasteiger partial charge is 0.416 e. The molecular weight excluding hydrogens is 425 g/mol. The predicted octanol–water partition coefficient (Wildman–Crippen LogP) is 3.42. The Morgan fingerprint density at radius 1 is 1.13 bits per heavy atom. The van der Waals surface area contributed by atoms with E-state index in [9.17, 15) is 26.4 Å². The Labute approximate surface area is 172 Å². The van der Waals surface area contributed by atoms with E-state index in [1.54, 1.807) is 13.8 Å². The molecule has 2 N–H and O–H groups in total. The summed E-state index contributed by atoms with van der Waals surface area (Å²) in [5, 5.41) is 2.44. The molecular formula is C19H21F3N2O5S. The van der Waals surface area contributed by atoms with Crippen LogP contribution in [-0.4, -0.2) is 34.1 Å². The lowest BCUT2D eigenvalue weighted by molar-refractivity contribution is -0.137. The van der Waals surface area contributed by atoms with Gasteiger partial charge in [0.15, 0.2) is 6.61 Å². The monoisotopic (exact) mass is 446 g/mol. The zero-order valence-corrected chi connectivity index (χ0v) is 17.2. The van der Waals surface area contributed by atoms with E-state index in [0.29, 0.717) is 0 Å². The summed E-state index contributed by atoms with van der Waals surface area (Å²) >= 11 is 0. The first kappa shape index (κ1) is 23.5. The molecule has 0 aliphatic rings. The number of nitrogens with one attached hydrogen (secondary N) is 2. The van der Waals surface area contributed by atoms with Crippen LogP contribution in [-0.2, 0) is 21.0 Å². The number of methoxy groups -OCH3 is 1. The van der Waals surface area contributed by atoms with Crippen molar-refractivity contribution in [3.05, 3.63) is 48.0 Å². The summed E-state index contributed by atoms with van der Waals surface area (Å²) in [6.07, 6.45) is -4.54. The number of anilines is 1. The van der Waals surface area contributed by atoms with Crippen LogP contribution in [0.2, 0.25) is 0 Å². The van der Waals surface area contributed by atoms with Crippen LogP contribution in [0.1, 0.15) is 19.4 Å². The fraction of sp³-hybridized carbons (Fsp3) is 0.316. The molecule has 2 aromatic rings. The van der Waals surface area contributed by atoms with E-state index in [0.717, 1.165) is 18.2 Å². The summed E-state index contributed by atoms with van der Waals surface area (Å²) in [4.78, 5) is 12.1. The van der Waals surface area contributed by atoms with Crippen molar-refractivity contribution >= 4 is 21.6 Å². The lowest BCUT2D eigenvalue weighted by atomic mass is 10.2. The topological polar surface area (TPSA) is 93.7 Å². The number of rotatable bonds is 8. The van der Waals surface area contributed by atoms with Gasteiger partial charge in [0.05, 0.1) is 23.3 Å². The first-order valence-electron chi connectivity index (χ1n) is 8.72. The normalized spacial score (nSPS) is 12.0. The van der Waals surface area contributed by atoms with Crippen LogP contribution >= 0.6 is 0 Å². The van der Waals surface area contributed by atoms with E-state index in [4.69, 9.17) is 9.47 Å². The lowest BCUT2D eigenvalue weighted by Crippen LogP contribution is -2.30. The summed E-state index contributed by atoms with van der Waals surface area (Å²) in [6.45, 7) is 2.73. The van der Waals surface area contributed by atoms with Crippen LogP contribution in [0.4, 0.5) is 18.9 Å². The largest absolute Gasteiger partial charge is 0.495 e. The van der Waals surface area contributed by atoms with Crippen molar-refractivity contribution in [1.29, 1.82) is 0 Å². The molecule has 0 aliphatic carbocycles. The Hall–Kier alpha value is -2.79. The highest BCUT2D eigenvalue weighted by atomic mass is 32.2. The van der Waals surface area contributed by atoms with Gasteiger partial charge in [0.2, 0.25) is 10.0 Å². The highest BCUT2D eigenvalue weighted by Gasteiger charge is 2.30. The Morgan fingerprint density at radius 3 is 2.43 bits per heavy atom. The van der Waals surface area contributed by atoms with Gasteiger partial charge in [-0.05, 0) is 50.2 Å². The molecule has 0 saturated carbocycles. The van der Waals surface area contributed by atoms with Gasteiger partial charge in [0, 0.05) is 6.04 Å². The number of benzene rings is 2. The number of sulfonamides is 1. The van der Waals surface area contributed by atoms with Crippen molar-refractivity contribution in [1.82, 2.24) is 4.72 Å². The number of carbonyl (C=O) groups excluding carboxylic acids is 1. The summed E-state index contributed by atoms with van der Waals surface area (Å²) in [7, 11) is -2.47. The third kappa shape index (κ3) is 6.36. The second kappa shape index (κ2) is 9.35. The SMILES string of the molecule is COc1ccc(S(=O)(=O)NC(C)C)cc1NC(=O)COc1cccc(C(F)(F)F)c1. The van der Waals surface area contributed by atoms with E-state index in [1.807, 2.05) is 0 Å². The van der Waals surface area contributed by atoms with E-state index >= 15 is 0 Å². The van der Waals surface area contributed by atoms with Gasteiger partial charge in [0.25, 0.3) is 5.91 Å². The van der Waals surface area contributed by atoms with Gasteiger partial charge in [0.1, 0.15) is 11.5 Å². The maximum Gasteiger partial charge on any atom is 0.416 e. The molecule has 2 rings (SSSR count). The van der Waals surface area contributed by atoms with Gasteiger partial charge >= 0.3 is 6.18 Å². The molecule has 30 heavy (non-hydrogen) atoms. The fourth-order valence-corrected chi connectivity index (χ4v) is 3.70. The maximum absolute atomic E-state index is 12.7. The summed E-state index contributed by atoms with van der Waals surface area (Å²) in [5.41, 5.74) is -0.834. The Kier molecular flexibility index (Phi) is 7.32. The number of carbonyl (C=O) groups is 1. The standard InChI is InChI=1S/C19H21F3N2O5S/c1-12(2)24-30(26,27)15-7-8-17(28-3)16(10-15)23-18(25)11-29-14-6-4-5-13(9-14)19(20,21)22/h4-10,12,24H,11H2,1-3H3,(H,23,25). The molecule has 0 spiro atoms. The number of hydrogen-bond donors (Lipinski definition) is 2. The molecule has 0 saturated heterocycles. The number of ether oxygens (including phenoxy) is 2. The lowest BCUT2D eigenvalue weighted by Gasteiger charge is -2.14. The third-order valence-corrected chi connectivity index (χ3v) is 5.33. The Bertz CT molecular complexity index is 1010. The van der Waals surface area contributed by atoms with E-state index in [1.165, 1.54) is 31.4 Å². The van der Waals surface area contributed by atoms with Crippen LogP contribution in [0.5, 0.6) is 11.5 Å². The average molecular weight is 446 g/mol. The van der Waals surface area contributed by atoms with Crippen molar-refractivity contribution in [2.45, 2.75) is 31.0 Å². The Balaban J connectivity index is 2.13. The highest BCUT2D eigenvalue weighted by molar-refractivity contribution is 7.89. The molecule has 0 fully saturated rings. The summed E-state index contributed by atoms with van der Waals surface area (Å²) in [5.74, 6) is -0.646. The number of amides is 1. The van der Waals surface area contributed by atoms with Gasteiger partial charge < -0.3 is 14.8 Å². The minimum absolute atomic E-state index is 0.0711. The number of hydrogen-bond acceptors (Lipinski definition) is 5. The van der Waals surface area contributed by atoms with Crippen LogP contribution in [0.15, 0.2) is 47.4 Å². The zero-order valence-electron chi connectivity index (χ0n) is 16.4. The van der Waals surface area contributed by atoms with E-state index < -0.39 is 34.3 Å². The van der Waals surface area contributed by atoms with E-state index in [-0.39, 0.29) is 28.1 Å². The van der Waals surface area contributed by atoms with Gasteiger partial charge in [-0.3, -0.25) is 4.79 Å². The molecule has 164 valence electrons. The number of alkyl halides is 3. The van der Waals surface area contributed by atoms with Crippen molar-refractivity contribution in [2.75, 3.05) is 19.0 Å². The first-order valence-corrected chi connectivity index (χ1v) is 10.2. The first-order chi connectivity index (χ1) is 13.9. The second-order valence-electron chi connectivity index (χ2n) is 6.50. The molecule has 1 amide bonds. The molecule has 0 atom stereocenters. The predicted molar refractivity (Wildman–Crippen MR) is 104 cm³/mol. The second-order valence-corrected chi connectivity index (χ2v) is 8.21. The quantitative estimate of drug-likeness (QED) is 0.648. The van der Waals surface area contributed by atoms with Gasteiger partial charge in [-0.25, -0.2) is 13.1 Å². The zero-order chi connectivity index (χ0) is 22.5. The summed E-state index contributed by atoms with van der Waals surface area (Å²) < 4.78 is 75.5. The van der Waals surface area contributed by atoms with Gasteiger partial charge in [-0.2, -0.15) is 13.2 Å². The summed E-state index contributed by atoms with van der Waals surface area (Å²) in [6, 6.07) is 7.68. The van der Waals surface area contributed by atoms with Crippen LogP contribution in [0.3, 0.4) is 0 Å². The minimum atomic E-state index is -4.54. The molecule has 0 aliphatic heterocycles. The molecule has 2 aromatic carbocycles. The Morgan fingerprint density at radius 2 is 1.83 bits per heavy atom. The van der Waals surface area contributed by atoms with Gasteiger partial charge in [-0.1, -0.05) is 6.07 Å². The third-order valence-electron chi connectivity index (χ3n) is 3.68. The average Bonchev–Trinajstić information content (AvgIpc) is 2.65. The molecule has 0 bridgehead atoms. The van der Waals surface area contributed by atoms with Crippen molar-refractivity contribution in [3.8, 4) is 11.5 Å². The molecule has 11 heteroatoms. The van der Waals surface area contributed by atoms with Gasteiger partial charge in [-0.15, -0.1) is 0 Å². The maximum atomic E-state index is 12.7. The number of halogens is 3. The van der Waals surface area contributed by atoms with Crippen molar-refractivity contribution < 1.29 is 35.9 Å². The minimum Gasteiger partial charge on any atom is -0.495 e.